The van der Waals surface area contributed by atoms with Gasteiger partial charge < -0.3 is 5.32 Å². The van der Waals surface area contributed by atoms with Crippen LogP contribution in [0.2, 0.25) is 0 Å². The third kappa shape index (κ3) is 3.71. The molecule has 60 valence electrons. The smallest absolute Gasteiger partial charge is 0.336 e. The maximum atomic E-state index is 11.5. The number of hydrogen-bond acceptors (Lipinski definition) is 1. The van der Waals surface area contributed by atoms with E-state index in [4.69, 9.17) is 0 Å². The maximum Gasteiger partial charge on any atom is 0.418 e. The fourth-order valence-electron chi connectivity index (χ4n) is 0.260. The average Bonchev–Trinajstić information content (AvgIpc) is 1.60. The average molecular weight is 220 g/mol. The van der Waals surface area contributed by atoms with Gasteiger partial charge in [0.25, 0.3) is 0 Å². The highest BCUT2D eigenvalue weighted by atomic mass is 79.9. The molecule has 1 N–H and O–H groups in total. The van der Waals surface area contributed by atoms with Gasteiger partial charge in [-0.1, -0.05) is 15.9 Å². The Hall–Kier alpha value is -0.260. The van der Waals surface area contributed by atoms with Crippen LogP contribution < -0.4 is 5.32 Å². The molecule has 2 nitrogen and oxygen atoms in total. The van der Waals surface area contributed by atoms with Gasteiger partial charge in [0.15, 0.2) is 4.95 Å². The predicted octanol–water partition coefficient (Wildman–Crippen LogP) is 1.41. The number of rotatable bonds is 1. The third-order valence-corrected chi connectivity index (χ3v) is 1.37. The highest BCUT2D eigenvalue weighted by Gasteiger charge is 2.38. The van der Waals surface area contributed by atoms with Crippen molar-refractivity contribution in [3.05, 3.63) is 0 Å². The number of nitrogens with one attached hydrogen (secondary N) is 1. The summed E-state index contributed by atoms with van der Waals surface area (Å²) in [7, 11) is 0. The van der Waals surface area contributed by atoms with E-state index in [2.05, 4.69) is 15.9 Å². The molecule has 0 aromatic heterocycles. The molecule has 0 rings (SSSR count). The van der Waals surface area contributed by atoms with E-state index in [1.807, 2.05) is 0 Å². The van der Waals surface area contributed by atoms with E-state index in [9.17, 15) is 18.0 Å². The number of carbonyl (C=O) groups excluding carboxylic acids is 1. The van der Waals surface area contributed by atoms with Crippen molar-refractivity contribution in [3.8, 4) is 0 Å². The van der Waals surface area contributed by atoms with Crippen LogP contribution in [-0.4, -0.2) is 17.0 Å². The third-order valence-electron chi connectivity index (χ3n) is 0.617. The number of alkyl halides is 4. The lowest BCUT2D eigenvalue weighted by molar-refractivity contribution is -0.142. The molecular weight excluding hydrogens is 215 g/mol. The first-order chi connectivity index (χ1) is 4.34. The Morgan fingerprint density at radius 1 is 1.60 bits per heavy atom. The quantitative estimate of drug-likeness (QED) is 0.525. The Labute approximate surface area is 63.9 Å². The molecule has 1 amide bonds. The van der Waals surface area contributed by atoms with Crippen molar-refractivity contribution in [2.75, 3.05) is 0 Å². The minimum absolute atomic E-state index is 0.723. The van der Waals surface area contributed by atoms with Gasteiger partial charge in [0, 0.05) is 6.92 Å². The number of halogens is 4. The van der Waals surface area contributed by atoms with Crippen LogP contribution in [0.3, 0.4) is 0 Å². The molecule has 0 fully saturated rings. The van der Waals surface area contributed by atoms with Crippen LogP contribution in [0, 0.1) is 0 Å². The second kappa shape index (κ2) is 3.23. The van der Waals surface area contributed by atoms with Crippen LogP contribution in [0.4, 0.5) is 13.2 Å². The molecule has 0 heterocycles. The SMILES string of the molecule is CC(=O)NC(Br)C(F)(F)F. The molecule has 0 aliphatic rings. The highest BCUT2D eigenvalue weighted by molar-refractivity contribution is 9.09. The van der Waals surface area contributed by atoms with Crippen molar-refractivity contribution < 1.29 is 18.0 Å². The van der Waals surface area contributed by atoms with E-state index >= 15 is 0 Å². The van der Waals surface area contributed by atoms with Gasteiger partial charge in [-0.15, -0.1) is 0 Å². The Kier molecular flexibility index (Phi) is 3.14. The molecule has 6 heteroatoms. The maximum absolute atomic E-state index is 11.5. The molecule has 1 atom stereocenters. The van der Waals surface area contributed by atoms with Gasteiger partial charge in [0.1, 0.15) is 0 Å². The van der Waals surface area contributed by atoms with Crippen molar-refractivity contribution in [2.24, 2.45) is 0 Å². The molecule has 0 aromatic rings. The number of hydrogen-bond donors (Lipinski definition) is 1. The molecule has 0 aliphatic heterocycles. The van der Waals surface area contributed by atoms with Gasteiger partial charge in [-0.05, 0) is 0 Å². The Morgan fingerprint density at radius 3 is 2.10 bits per heavy atom. The van der Waals surface area contributed by atoms with E-state index in [-0.39, 0.29) is 0 Å². The summed E-state index contributed by atoms with van der Waals surface area (Å²) in [6.07, 6.45) is -4.42. The van der Waals surface area contributed by atoms with Gasteiger partial charge in [-0.3, -0.25) is 4.79 Å². The van der Waals surface area contributed by atoms with E-state index in [0.29, 0.717) is 0 Å². The predicted molar refractivity (Wildman–Crippen MR) is 32.6 cm³/mol. The summed E-state index contributed by atoms with van der Waals surface area (Å²) in [5.41, 5.74) is 0. The lowest BCUT2D eigenvalue weighted by atomic mass is 10.6. The van der Waals surface area contributed by atoms with Crippen molar-refractivity contribution in [1.82, 2.24) is 5.32 Å². The van der Waals surface area contributed by atoms with Crippen molar-refractivity contribution in [1.29, 1.82) is 0 Å². The summed E-state index contributed by atoms with van der Waals surface area (Å²) in [6, 6.07) is 0. The molecular formula is C4H5BrF3NO. The molecule has 0 aliphatic carbocycles. The van der Waals surface area contributed by atoms with Gasteiger partial charge >= 0.3 is 6.18 Å². The van der Waals surface area contributed by atoms with Crippen LogP contribution in [0.1, 0.15) is 6.92 Å². The Bertz CT molecular complexity index is 135. The van der Waals surface area contributed by atoms with Crippen LogP contribution in [0.5, 0.6) is 0 Å². The van der Waals surface area contributed by atoms with Gasteiger partial charge in [0.2, 0.25) is 5.91 Å². The van der Waals surface area contributed by atoms with Gasteiger partial charge in [-0.2, -0.15) is 13.2 Å². The molecule has 0 radical (unpaired) electrons. The fraction of sp³-hybridized carbons (Fsp3) is 0.750. The van der Waals surface area contributed by atoms with Crippen molar-refractivity contribution >= 4 is 21.8 Å². The van der Waals surface area contributed by atoms with Crippen LogP contribution >= 0.6 is 15.9 Å². The number of carbonyl (C=O) groups is 1. The zero-order valence-corrected chi connectivity index (χ0v) is 6.58. The first kappa shape index (κ1) is 9.74. The Morgan fingerprint density at radius 2 is 2.00 bits per heavy atom. The molecule has 0 aromatic carbocycles. The number of amides is 1. The van der Waals surface area contributed by atoms with E-state index in [1.165, 1.54) is 0 Å². The second-order valence-corrected chi connectivity index (χ2v) is 2.52. The van der Waals surface area contributed by atoms with Gasteiger partial charge in [0.05, 0.1) is 0 Å². The standard InChI is InChI=1S/C4H5BrF3NO/c1-2(10)9-3(5)4(6,7)8/h3H,1H3,(H,9,10). The fourth-order valence-corrected chi connectivity index (χ4v) is 0.583. The Balaban J connectivity index is 3.85. The van der Waals surface area contributed by atoms with E-state index < -0.39 is 17.0 Å². The van der Waals surface area contributed by atoms with Crippen molar-refractivity contribution in [2.45, 2.75) is 18.1 Å². The normalized spacial score (nSPS) is 14.5. The molecule has 0 saturated carbocycles. The molecule has 0 bridgehead atoms. The topological polar surface area (TPSA) is 29.1 Å². The van der Waals surface area contributed by atoms with E-state index in [1.54, 1.807) is 5.32 Å². The van der Waals surface area contributed by atoms with E-state index in [0.717, 1.165) is 6.92 Å². The zero-order chi connectivity index (χ0) is 8.36. The summed E-state index contributed by atoms with van der Waals surface area (Å²) in [6.45, 7) is 1.01. The minimum atomic E-state index is -4.42. The van der Waals surface area contributed by atoms with Crippen LogP contribution in [-0.2, 0) is 4.79 Å². The van der Waals surface area contributed by atoms with Gasteiger partial charge in [-0.25, -0.2) is 0 Å². The zero-order valence-electron chi connectivity index (χ0n) is 5.00. The monoisotopic (exact) mass is 219 g/mol. The first-order valence-corrected chi connectivity index (χ1v) is 3.23. The summed E-state index contributed by atoms with van der Waals surface area (Å²) in [5.74, 6) is -0.723. The first-order valence-electron chi connectivity index (χ1n) is 2.32. The summed E-state index contributed by atoms with van der Waals surface area (Å²) in [5, 5.41) is 1.64. The lowest BCUT2D eigenvalue weighted by Crippen LogP contribution is -2.39. The molecule has 10 heavy (non-hydrogen) atoms. The lowest BCUT2D eigenvalue weighted by Gasteiger charge is -2.13. The highest BCUT2D eigenvalue weighted by Crippen LogP contribution is 2.23. The second-order valence-electron chi connectivity index (χ2n) is 1.60. The largest absolute Gasteiger partial charge is 0.418 e. The van der Waals surface area contributed by atoms with Crippen LogP contribution in [0.15, 0.2) is 0 Å². The minimum Gasteiger partial charge on any atom is -0.336 e. The molecule has 0 saturated heterocycles. The molecule has 1 unspecified atom stereocenters. The summed E-state index contributed by atoms with van der Waals surface area (Å²) < 4.78 is 34.6. The van der Waals surface area contributed by atoms with Crippen molar-refractivity contribution in [3.63, 3.8) is 0 Å². The molecule has 0 spiro atoms. The van der Waals surface area contributed by atoms with Crippen LogP contribution in [0.25, 0.3) is 0 Å². The summed E-state index contributed by atoms with van der Waals surface area (Å²) in [4.78, 5) is 8.11. The summed E-state index contributed by atoms with van der Waals surface area (Å²) >= 11 is 2.24.